The van der Waals surface area contributed by atoms with E-state index in [2.05, 4.69) is 0 Å². The van der Waals surface area contributed by atoms with Crippen LogP contribution in [0.5, 0.6) is 0 Å². The molecule has 0 radical (unpaired) electrons. The molecule has 14 nitrogen and oxygen atoms in total. The molecule has 16 heteroatoms. The van der Waals surface area contributed by atoms with Gasteiger partial charge in [0.25, 0.3) is 0 Å². The van der Waals surface area contributed by atoms with Gasteiger partial charge in [-0.15, -0.1) is 11.8 Å². The van der Waals surface area contributed by atoms with Crippen molar-refractivity contribution in [1.82, 2.24) is 14.7 Å². The lowest BCUT2D eigenvalue weighted by Gasteiger charge is -2.46. The lowest BCUT2D eigenvalue weighted by Crippen LogP contribution is -2.63. The second-order valence-electron chi connectivity index (χ2n) is 12.7. The molecular formula is C35H38ClN3O11S. The van der Waals surface area contributed by atoms with E-state index in [1.54, 1.807) is 44.4 Å². The van der Waals surface area contributed by atoms with Crippen molar-refractivity contribution in [3.05, 3.63) is 80.8 Å². The number of benzene rings is 2. The molecule has 2 saturated heterocycles. The van der Waals surface area contributed by atoms with Crippen molar-refractivity contribution in [2.75, 3.05) is 34.2 Å². The smallest absolute Gasteiger partial charge is 0.413 e. The quantitative estimate of drug-likeness (QED) is 0.202. The third-order valence-corrected chi connectivity index (χ3v) is 10.6. The van der Waals surface area contributed by atoms with Crippen molar-refractivity contribution < 1.29 is 52.8 Å². The van der Waals surface area contributed by atoms with Gasteiger partial charge in [-0.2, -0.15) is 0 Å². The fraction of sp³-hybridized carbons (Fsp3) is 0.429. The van der Waals surface area contributed by atoms with Crippen LogP contribution in [0.3, 0.4) is 0 Å². The summed E-state index contributed by atoms with van der Waals surface area (Å²) in [5.41, 5.74) is 1.23. The van der Waals surface area contributed by atoms with Crippen LogP contribution in [0.1, 0.15) is 46.5 Å². The number of β-lactam (4-membered cyclic amide) rings is 1. The zero-order chi connectivity index (χ0) is 37.1. The highest BCUT2D eigenvalue weighted by Crippen LogP contribution is 2.52. The Morgan fingerprint density at radius 3 is 2.18 bits per heavy atom. The van der Waals surface area contributed by atoms with Gasteiger partial charge in [0, 0.05) is 41.7 Å². The third kappa shape index (κ3) is 8.00. The van der Waals surface area contributed by atoms with Crippen LogP contribution in [-0.4, -0.2) is 113 Å². The molecule has 5 rings (SSSR count). The number of fused-ring (bicyclic) bond motifs is 1. The van der Waals surface area contributed by atoms with E-state index in [0.29, 0.717) is 9.93 Å². The highest BCUT2D eigenvalue weighted by Gasteiger charge is 2.60. The van der Waals surface area contributed by atoms with E-state index in [0.717, 1.165) is 5.56 Å². The Morgan fingerprint density at radius 2 is 1.57 bits per heavy atom. The van der Waals surface area contributed by atoms with Gasteiger partial charge in [0.1, 0.15) is 11.7 Å². The molecule has 0 bridgehead atoms. The number of hydrogen-bond acceptors (Lipinski definition) is 12. The summed E-state index contributed by atoms with van der Waals surface area (Å²) >= 11 is 7.16. The summed E-state index contributed by atoms with van der Waals surface area (Å²) < 4.78 is 20.8. The molecule has 1 N–H and O–H groups in total. The molecule has 3 heterocycles. The van der Waals surface area contributed by atoms with Crippen LogP contribution >= 0.6 is 23.4 Å². The predicted molar refractivity (Wildman–Crippen MR) is 183 cm³/mol. The first kappa shape index (κ1) is 37.7. The van der Waals surface area contributed by atoms with E-state index >= 15 is 0 Å². The Hall–Kier alpha value is -4.60. The Bertz CT molecular complexity index is 1770. The van der Waals surface area contributed by atoms with Crippen LogP contribution in [0.15, 0.2) is 59.1 Å². The number of aliphatic hydroxyl groups excluding tert-OH is 1. The molecule has 0 aromatic heterocycles. The third-order valence-electron chi connectivity index (χ3n) is 8.89. The van der Waals surface area contributed by atoms with E-state index < -0.39 is 78.8 Å². The van der Waals surface area contributed by atoms with Gasteiger partial charge in [-0.1, -0.05) is 42.3 Å². The molecule has 0 aliphatic carbocycles. The Balaban J connectivity index is 1.30. The molecule has 51 heavy (non-hydrogen) atoms. The average Bonchev–Trinajstić information content (AvgIpc) is 3.61. The summed E-state index contributed by atoms with van der Waals surface area (Å²) in [5.74, 6) is -4.39. The van der Waals surface area contributed by atoms with Crippen LogP contribution in [-0.2, 0) is 33.3 Å². The van der Waals surface area contributed by atoms with Crippen molar-refractivity contribution in [3.8, 4) is 0 Å². The SMILES string of the molecule is Cc1cccc(C(=O)OCOC(=O)N2C[C@@H](SC3=C(C(=O)OCOC(=O)c4cccc(Cl)c4)N4C(=O)[C@H]([C@@H](C)O)[C@H]4[C@H]3C)C[C@H]2C(=O)N(C)C)c1. The normalized spacial score (nSPS) is 22.9. The number of esters is 3. The summed E-state index contributed by atoms with van der Waals surface area (Å²) in [6.07, 6.45) is -1.69. The number of likely N-dealkylation sites (tertiary alicyclic amines) is 1. The highest BCUT2D eigenvalue weighted by atomic mass is 35.5. The molecule has 272 valence electrons. The summed E-state index contributed by atoms with van der Waals surface area (Å²) in [6.45, 7) is 3.73. The number of halogens is 1. The second-order valence-corrected chi connectivity index (χ2v) is 14.4. The number of rotatable bonds is 11. The van der Waals surface area contributed by atoms with Gasteiger partial charge < -0.3 is 33.9 Å². The van der Waals surface area contributed by atoms with Crippen molar-refractivity contribution in [1.29, 1.82) is 0 Å². The monoisotopic (exact) mass is 743 g/mol. The molecule has 2 aromatic carbocycles. The van der Waals surface area contributed by atoms with Gasteiger partial charge in [-0.05, 0) is 50.6 Å². The standard InChI is InChI=1S/C35H38ClN3O11S/c1-18-8-6-9-21(12-18)32(43)48-17-50-35(46)38-15-24(14-25(38)30(41)37(4)5)51-29-19(2)27-26(20(3)40)31(42)39(27)28(29)34(45)49-16-47-33(44)22-10-7-11-23(36)13-22/h6-13,19-20,24-27,40H,14-17H2,1-5H3/t19-,20-,24+,25+,26-,27-/m1/s1. The molecule has 3 aliphatic rings. The number of carbonyl (C=O) groups is 6. The predicted octanol–water partition coefficient (Wildman–Crippen LogP) is 3.59. The van der Waals surface area contributed by atoms with Gasteiger partial charge in [-0.25, -0.2) is 19.2 Å². The summed E-state index contributed by atoms with van der Waals surface area (Å²) in [6, 6.07) is 11.3. The number of aliphatic hydroxyl groups is 1. The molecular weight excluding hydrogens is 706 g/mol. The molecule has 3 amide bonds. The summed E-state index contributed by atoms with van der Waals surface area (Å²) in [7, 11) is 3.11. The Labute approximate surface area is 303 Å². The minimum Gasteiger partial charge on any atom is -0.424 e. The minimum absolute atomic E-state index is 0.0216. The van der Waals surface area contributed by atoms with E-state index in [1.807, 2.05) is 19.9 Å². The van der Waals surface area contributed by atoms with Crippen LogP contribution in [0.4, 0.5) is 4.79 Å². The highest BCUT2D eigenvalue weighted by molar-refractivity contribution is 8.03. The lowest BCUT2D eigenvalue weighted by molar-refractivity contribution is -0.166. The van der Waals surface area contributed by atoms with Crippen LogP contribution in [0.25, 0.3) is 0 Å². The fourth-order valence-corrected chi connectivity index (χ4v) is 8.15. The van der Waals surface area contributed by atoms with E-state index in [4.69, 9.17) is 30.5 Å². The molecule has 2 aromatic rings. The topological polar surface area (TPSA) is 169 Å². The van der Waals surface area contributed by atoms with Crippen molar-refractivity contribution in [2.24, 2.45) is 11.8 Å². The van der Waals surface area contributed by atoms with Gasteiger partial charge >= 0.3 is 24.0 Å². The maximum atomic E-state index is 13.5. The molecule has 0 unspecified atom stereocenters. The van der Waals surface area contributed by atoms with Crippen molar-refractivity contribution in [2.45, 2.75) is 50.6 Å². The number of nitrogens with zero attached hydrogens (tertiary/aromatic N) is 3. The second kappa shape index (κ2) is 15.7. The molecule has 0 saturated carbocycles. The fourth-order valence-electron chi connectivity index (χ4n) is 6.44. The first-order valence-corrected chi connectivity index (χ1v) is 17.4. The summed E-state index contributed by atoms with van der Waals surface area (Å²) in [4.78, 5) is 82.5. The minimum atomic E-state index is -0.986. The zero-order valence-electron chi connectivity index (χ0n) is 28.6. The number of hydrogen-bond donors (Lipinski definition) is 1. The van der Waals surface area contributed by atoms with Crippen molar-refractivity contribution >= 4 is 59.2 Å². The molecule has 3 aliphatic heterocycles. The first-order valence-electron chi connectivity index (χ1n) is 16.1. The number of thioether (sulfide) groups is 1. The number of aryl methyl sites for hydroxylation is 1. The van der Waals surface area contributed by atoms with Crippen molar-refractivity contribution in [3.63, 3.8) is 0 Å². The Kier molecular flexibility index (Phi) is 11.6. The van der Waals surface area contributed by atoms with Crippen LogP contribution < -0.4 is 0 Å². The van der Waals surface area contributed by atoms with Gasteiger partial charge in [-0.3, -0.25) is 14.5 Å². The lowest BCUT2D eigenvalue weighted by atomic mass is 9.79. The number of ether oxygens (including phenoxy) is 4. The van der Waals surface area contributed by atoms with Crippen LogP contribution in [0.2, 0.25) is 5.02 Å². The van der Waals surface area contributed by atoms with Gasteiger partial charge in [0.2, 0.25) is 25.4 Å². The molecule has 6 atom stereocenters. The van der Waals surface area contributed by atoms with E-state index in [9.17, 15) is 33.9 Å². The average molecular weight is 744 g/mol. The largest absolute Gasteiger partial charge is 0.424 e. The zero-order valence-corrected chi connectivity index (χ0v) is 30.1. The summed E-state index contributed by atoms with van der Waals surface area (Å²) in [5, 5.41) is 10.2. The number of likely N-dealkylation sites (N-methyl/N-ethyl adjacent to an activating group) is 1. The maximum Gasteiger partial charge on any atom is 0.413 e. The van der Waals surface area contributed by atoms with Crippen LogP contribution in [0, 0.1) is 18.8 Å². The Morgan fingerprint density at radius 1 is 0.961 bits per heavy atom. The van der Waals surface area contributed by atoms with Gasteiger partial charge in [0.05, 0.1) is 29.2 Å². The van der Waals surface area contributed by atoms with Gasteiger partial charge in [0.15, 0.2) is 0 Å². The number of carbonyl (C=O) groups excluding carboxylic acids is 6. The first-order chi connectivity index (χ1) is 24.2. The molecule has 0 spiro atoms. The van der Waals surface area contributed by atoms with E-state index in [-0.39, 0.29) is 35.7 Å². The molecule has 2 fully saturated rings. The maximum absolute atomic E-state index is 13.5. The number of amides is 3. The van der Waals surface area contributed by atoms with E-state index in [1.165, 1.54) is 45.5 Å².